The minimum Gasteiger partial charge on any atom is -0.478 e. The van der Waals surface area contributed by atoms with Gasteiger partial charge in [0, 0.05) is 10.6 Å². The number of benzene rings is 2. The van der Waals surface area contributed by atoms with Crippen LogP contribution in [0.4, 0.5) is 0 Å². The summed E-state index contributed by atoms with van der Waals surface area (Å²) in [5.74, 6) is -2.08. The molecule has 0 unspecified atom stereocenters. The van der Waals surface area contributed by atoms with E-state index in [0.717, 1.165) is 0 Å². The fraction of sp³-hybridized carbons (Fsp3) is 0. The number of carboxylic acids is 2. The maximum Gasteiger partial charge on any atom is 0.335 e. The van der Waals surface area contributed by atoms with Crippen molar-refractivity contribution in [2.24, 2.45) is 0 Å². The SMILES string of the molecule is O=C(O)c1ccc([PH](=O)c2ccc(C(=O)O)cc2)cc1. The van der Waals surface area contributed by atoms with Crippen LogP contribution in [0.1, 0.15) is 20.7 Å². The molecule has 0 aromatic heterocycles. The zero-order valence-electron chi connectivity index (χ0n) is 10.2. The molecule has 0 amide bonds. The first kappa shape index (κ1) is 14.0. The van der Waals surface area contributed by atoms with Crippen LogP contribution in [0, 0.1) is 0 Å². The topological polar surface area (TPSA) is 91.7 Å². The van der Waals surface area contributed by atoms with E-state index in [1.54, 1.807) is 0 Å². The first-order valence-electron chi connectivity index (χ1n) is 5.70. The predicted molar refractivity (Wildman–Crippen MR) is 75.1 cm³/mol. The van der Waals surface area contributed by atoms with Crippen molar-refractivity contribution in [2.45, 2.75) is 0 Å². The van der Waals surface area contributed by atoms with Crippen LogP contribution >= 0.6 is 7.80 Å². The molecule has 102 valence electrons. The van der Waals surface area contributed by atoms with Crippen LogP contribution in [0.25, 0.3) is 0 Å². The third kappa shape index (κ3) is 2.95. The van der Waals surface area contributed by atoms with Gasteiger partial charge in [0.15, 0.2) is 0 Å². The van der Waals surface area contributed by atoms with Gasteiger partial charge in [0.2, 0.25) is 0 Å². The maximum absolute atomic E-state index is 12.3. The van der Waals surface area contributed by atoms with Crippen molar-refractivity contribution in [3.05, 3.63) is 59.7 Å². The average molecular weight is 290 g/mol. The summed E-state index contributed by atoms with van der Waals surface area (Å²) in [6, 6.07) is 11.6. The molecular weight excluding hydrogens is 279 g/mol. The largest absolute Gasteiger partial charge is 0.478 e. The fourth-order valence-electron chi connectivity index (χ4n) is 1.70. The second-order valence-corrected chi connectivity index (χ2v) is 5.91. The Morgan fingerprint density at radius 1 is 0.700 bits per heavy atom. The van der Waals surface area contributed by atoms with Crippen LogP contribution in [0.2, 0.25) is 0 Å². The van der Waals surface area contributed by atoms with Crippen LogP contribution in [0.5, 0.6) is 0 Å². The molecule has 0 saturated heterocycles. The van der Waals surface area contributed by atoms with E-state index < -0.39 is 19.7 Å². The lowest BCUT2D eigenvalue weighted by atomic mass is 10.2. The quantitative estimate of drug-likeness (QED) is 0.834. The van der Waals surface area contributed by atoms with E-state index in [0.29, 0.717) is 10.6 Å². The van der Waals surface area contributed by atoms with Crippen molar-refractivity contribution >= 4 is 30.3 Å². The van der Waals surface area contributed by atoms with Gasteiger partial charge in [-0.15, -0.1) is 0 Å². The summed E-state index contributed by atoms with van der Waals surface area (Å²) in [7, 11) is -2.26. The lowest BCUT2D eigenvalue weighted by Crippen LogP contribution is -2.08. The van der Waals surface area contributed by atoms with E-state index in [1.165, 1.54) is 48.5 Å². The van der Waals surface area contributed by atoms with Crippen LogP contribution in [-0.2, 0) is 4.57 Å². The molecule has 2 rings (SSSR count). The van der Waals surface area contributed by atoms with Gasteiger partial charge in [0.05, 0.1) is 11.1 Å². The van der Waals surface area contributed by atoms with Gasteiger partial charge in [-0.25, -0.2) is 9.59 Å². The molecule has 0 aliphatic carbocycles. The Morgan fingerprint density at radius 3 is 1.25 bits per heavy atom. The molecule has 5 nitrogen and oxygen atoms in total. The lowest BCUT2D eigenvalue weighted by molar-refractivity contribution is 0.0686. The highest BCUT2D eigenvalue weighted by molar-refractivity contribution is 7.61. The number of carboxylic acid groups (broad SMARTS) is 2. The first-order chi connectivity index (χ1) is 9.49. The summed E-state index contributed by atoms with van der Waals surface area (Å²) in [6.45, 7) is 0. The highest BCUT2D eigenvalue weighted by Crippen LogP contribution is 2.20. The first-order valence-corrected chi connectivity index (χ1v) is 7.11. The molecule has 2 aromatic rings. The Morgan fingerprint density at radius 2 is 1.00 bits per heavy atom. The fourth-order valence-corrected chi connectivity index (χ4v) is 2.97. The van der Waals surface area contributed by atoms with Crippen molar-refractivity contribution in [2.75, 3.05) is 0 Å². The summed E-state index contributed by atoms with van der Waals surface area (Å²) in [5.41, 5.74) is 0.259. The van der Waals surface area contributed by atoms with Gasteiger partial charge in [-0.1, -0.05) is 24.3 Å². The molecule has 2 aromatic carbocycles. The van der Waals surface area contributed by atoms with Crippen LogP contribution in [-0.4, -0.2) is 22.2 Å². The number of rotatable bonds is 4. The molecule has 6 heteroatoms. The van der Waals surface area contributed by atoms with E-state index >= 15 is 0 Å². The van der Waals surface area contributed by atoms with Crippen LogP contribution < -0.4 is 10.6 Å². The monoisotopic (exact) mass is 290 g/mol. The Hall–Kier alpha value is -2.39. The minimum atomic E-state index is -2.26. The second kappa shape index (κ2) is 5.72. The predicted octanol–water partition coefficient (Wildman–Crippen LogP) is 1.59. The van der Waals surface area contributed by atoms with Crippen LogP contribution in [0.15, 0.2) is 48.5 Å². The summed E-state index contributed by atoms with van der Waals surface area (Å²) >= 11 is 0. The molecule has 0 heterocycles. The summed E-state index contributed by atoms with van der Waals surface area (Å²) < 4.78 is 12.3. The molecule has 0 radical (unpaired) electrons. The lowest BCUT2D eigenvalue weighted by Gasteiger charge is -2.04. The number of carbonyl (C=O) groups is 2. The number of aromatic carboxylic acids is 2. The van der Waals surface area contributed by atoms with Crippen molar-refractivity contribution in [1.82, 2.24) is 0 Å². The van der Waals surface area contributed by atoms with Crippen molar-refractivity contribution in [1.29, 1.82) is 0 Å². The number of hydrogen-bond donors (Lipinski definition) is 2. The molecule has 0 spiro atoms. The van der Waals surface area contributed by atoms with E-state index in [1.807, 2.05) is 0 Å². The van der Waals surface area contributed by atoms with Crippen molar-refractivity contribution in [3.63, 3.8) is 0 Å². The molecule has 0 saturated carbocycles. The maximum atomic E-state index is 12.3. The Bertz CT molecular complexity index is 614. The van der Waals surface area contributed by atoms with Gasteiger partial charge in [-0.3, -0.25) is 0 Å². The van der Waals surface area contributed by atoms with Crippen molar-refractivity contribution in [3.8, 4) is 0 Å². The van der Waals surface area contributed by atoms with Gasteiger partial charge in [0.1, 0.15) is 7.80 Å². The molecule has 0 bridgehead atoms. The van der Waals surface area contributed by atoms with E-state index in [2.05, 4.69) is 0 Å². The molecule has 2 N–H and O–H groups in total. The third-order valence-electron chi connectivity index (χ3n) is 2.79. The Kier molecular flexibility index (Phi) is 4.01. The van der Waals surface area contributed by atoms with E-state index in [9.17, 15) is 14.2 Å². The zero-order valence-corrected chi connectivity index (χ0v) is 11.2. The third-order valence-corrected chi connectivity index (χ3v) is 4.50. The van der Waals surface area contributed by atoms with Gasteiger partial charge in [-0.05, 0) is 24.3 Å². The molecule has 0 fully saturated rings. The standard InChI is InChI=1S/C14H11O5P/c15-13(16)9-1-5-11(6-2-9)20(19)12-7-3-10(4-8-12)14(17)18/h1-8,20H,(H,15,16)(H,17,18). The summed E-state index contributed by atoms with van der Waals surface area (Å²) in [4.78, 5) is 21.5. The smallest absolute Gasteiger partial charge is 0.335 e. The van der Waals surface area contributed by atoms with Gasteiger partial charge >= 0.3 is 11.9 Å². The van der Waals surface area contributed by atoms with E-state index in [-0.39, 0.29) is 11.1 Å². The minimum absolute atomic E-state index is 0.129. The zero-order chi connectivity index (χ0) is 14.7. The van der Waals surface area contributed by atoms with Gasteiger partial charge < -0.3 is 14.8 Å². The molecule has 20 heavy (non-hydrogen) atoms. The average Bonchev–Trinajstić information content (AvgIpc) is 2.46. The Labute approximate surface area is 115 Å². The van der Waals surface area contributed by atoms with Crippen molar-refractivity contribution < 1.29 is 24.4 Å². The highest BCUT2D eigenvalue weighted by atomic mass is 31.1. The number of hydrogen-bond acceptors (Lipinski definition) is 3. The second-order valence-electron chi connectivity index (χ2n) is 4.09. The Balaban J connectivity index is 2.26. The summed E-state index contributed by atoms with van der Waals surface area (Å²) in [6.07, 6.45) is 0. The van der Waals surface area contributed by atoms with Crippen LogP contribution in [0.3, 0.4) is 0 Å². The highest BCUT2D eigenvalue weighted by Gasteiger charge is 2.10. The molecule has 0 aliphatic heterocycles. The molecule has 0 atom stereocenters. The normalized spacial score (nSPS) is 10.4. The van der Waals surface area contributed by atoms with Gasteiger partial charge in [0.25, 0.3) is 0 Å². The van der Waals surface area contributed by atoms with Gasteiger partial charge in [-0.2, -0.15) is 0 Å². The molecule has 0 aliphatic rings. The molecular formula is C14H11O5P. The van der Waals surface area contributed by atoms with E-state index in [4.69, 9.17) is 10.2 Å². The summed E-state index contributed by atoms with van der Waals surface area (Å²) in [5, 5.41) is 18.6.